The van der Waals surface area contributed by atoms with Crippen molar-refractivity contribution < 1.29 is 31.5 Å². The number of ketones is 1. The standard InChI is InChI=1S/C13H8F5NO2/c1-21-10-4-2-8(3-5-10)6-9(7-19)11(20)12(14,15)13(16,17)18/h2-6H,1H3/b9-6+. The van der Waals surface area contributed by atoms with Gasteiger partial charge in [-0.2, -0.15) is 27.2 Å². The monoisotopic (exact) mass is 305 g/mol. The smallest absolute Gasteiger partial charge is 0.461 e. The van der Waals surface area contributed by atoms with Crippen molar-refractivity contribution in [3.63, 3.8) is 0 Å². The van der Waals surface area contributed by atoms with Gasteiger partial charge in [0.05, 0.1) is 7.11 Å². The Hall–Kier alpha value is -2.43. The molecule has 0 heterocycles. The first-order valence-corrected chi connectivity index (χ1v) is 5.38. The van der Waals surface area contributed by atoms with Crippen LogP contribution in [-0.4, -0.2) is 25.0 Å². The minimum atomic E-state index is -6.06. The molecule has 0 aliphatic carbocycles. The third-order valence-electron chi connectivity index (χ3n) is 2.43. The molecule has 0 saturated heterocycles. The molecule has 0 aromatic heterocycles. The number of benzene rings is 1. The molecule has 112 valence electrons. The van der Waals surface area contributed by atoms with Crippen LogP contribution in [0.4, 0.5) is 22.0 Å². The van der Waals surface area contributed by atoms with Gasteiger partial charge >= 0.3 is 12.1 Å². The molecule has 1 aromatic carbocycles. The molecule has 0 aliphatic rings. The fourth-order valence-electron chi connectivity index (χ4n) is 1.31. The number of Topliss-reactive ketones (excluding diaryl/α,β-unsaturated/α-hetero) is 1. The normalized spacial score (nSPS) is 12.7. The Bertz CT molecular complexity index is 596. The van der Waals surface area contributed by atoms with Gasteiger partial charge in [-0.1, -0.05) is 12.1 Å². The summed E-state index contributed by atoms with van der Waals surface area (Å²) in [6.07, 6.45) is -5.40. The zero-order valence-electron chi connectivity index (χ0n) is 10.5. The number of hydrogen-bond donors (Lipinski definition) is 0. The highest BCUT2D eigenvalue weighted by Crippen LogP contribution is 2.38. The number of alkyl halides is 5. The van der Waals surface area contributed by atoms with Crippen molar-refractivity contribution in [2.24, 2.45) is 0 Å². The first-order chi connectivity index (χ1) is 9.63. The second-order valence-corrected chi connectivity index (χ2v) is 3.84. The van der Waals surface area contributed by atoms with Crippen LogP contribution in [0.1, 0.15) is 5.56 Å². The van der Waals surface area contributed by atoms with Gasteiger partial charge < -0.3 is 4.74 Å². The second-order valence-electron chi connectivity index (χ2n) is 3.84. The average Bonchev–Trinajstić information content (AvgIpc) is 2.43. The molecule has 0 radical (unpaired) electrons. The van der Waals surface area contributed by atoms with E-state index < -0.39 is 23.5 Å². The molecule has 3 nitrogen and oxygen atoms in total. The van der Waals surface area contributed by atoms with Gasteiger partial charge in [0.15, 0.2) is 0 Å². The molecule has 0 aliphatic heterocycles. The number of rotatable bonds is 4. The molecular formula is C13H8F5NO2. The molecular weight excluding hydrogens is 297 g/mol. The quantitative estimate of drug-likeness (QED) is 0.487. The van der Waals surface area contributed by atoms with Crippen molar-refractivity contribution in [3.8, 4) is 11.8 Å². The highest BCUT2D eigenvalue weighted by atomic mass is 19.4. The molecule has 0 bridgehead atoms. The van der Waals surface area contributed by atoms with Gasteiger partial charge in [-0.15, -0.1) is 0 Å². The van der Waals surface area contributed by atoms with Crippen molar-refractivity contribution in [1.82, 2.24) is 0 Å². The van der Waals surface area contributed by atoms with Gasteiger partial charge in [0.25, 0.3) is 5.78 Å². The lowest BCUT2D eigenvalue weighted by Gasteiger charge is -2.17. The van der Waals surface area contributed by atoms with Crippen molar-refractivity contribution in [2.75, 3.05) is 7.11 Å². The maximum atomic E-state index is 12.9. The summed E-state index contributed by atoms with van der Waals surface area (Å²) < 4.78 is 66.9. The molecule has 0 N–H and O–H groups in total. The van der Waals surface area contributed by atoms with Crippen LogP contribution in [0.5, 0.6) is 5.75 Å². The van der Waals surface area contributed by atoms with E-state index >= 15 is 0 Å². The summed E-state index contributed by atoms with van der Waals surface area (Å²) in [6.45, 7) is 0. The fourth-order valence-corrected chi connectivity index (χ4v) is 1.31. The largest absolute Gasteiger partial charge is 0.497 e. The van der Waals surface area contributed by atoms with Crippen LogP contribution in [-0.2, 0) is 4.79 Å². The Morgan fingerprint density at radius 3 is 2.10 bits per heavy atom. The Labute approximate surface area is 116 Å². The summed E-state index contributed by atoms with van der Waals surface area (Å²) in [6, 6.07) is 6.45. The molecule has 0 saturated carbocycles. The topological polar surface area (TPSA) is 50.1 Å². The second kappa shape index (κ2) is 5.91. The van der Waals surface area contributed by atoms with Gasteiger partial charge in [0.2, 0.25) is 0 Å². The Balaban J connectivity index is 3.15. The first kappa shape index (κ1) is 16.6. The van der Waals surface area contributed by atoms with Gasteiger partial charge in [0.1, 0.15) is 17.4 Å². The number of halogens is 5. The van der Waals surface area contributed by atoms with Gasteiger partial charge in [0, 0.05) is 0 Å². The highest BCUT2D eigenvalue weighted by Gasteiger charge is 2.63. The summed E-state index contributed by atoms with van der Waals surface area (Å²) in [7, 11) is 1.37. The summed E-state index contributed by atoms with van der Waals surface area (Å²) in [4.78, 5) is 11.2. The van der Waals surface area contributed by atoms with E-state index in [9.17, 15) is 26.7 Å². The number of methoxy groups -OCH3 is 1. The molecule has 0 spiro atoms. The van der Waals surface area contributed by atoms with Crippen molar-refractivity contribution >= 4 is 11.9 Å². The maximum absolute atomic E-state index is 12.9. The van der Waals surface area contributed by atoms with Crippen LogP contribution in [0.25, 0.3) is 6.08 Å². The Morgan fingerprint density at radius 2 is 1.71 bits per heavy atom. The fraction of sp³-hybridized carbons (Fsp3) is 0.231. The van der Waals surface area contributed by atoms with E-state index in [0.29, 0.717) is 11.8 Å². The van der Waals surface area contributed by atoms with E-state index in [0.717, 1.165) is 6.07 Å². The lowest BCUT2D eigenvalue weighted by Crippen LogP contribution is -2.44. The summed E-state index contributed by atoms with van der Waals surface area (Å²) >= 11 is 0. The number of carbonyl (C=O) groups is 1. The van der Waals surface area contributed by atoms with E-state index in [1.807, 2.05) is 0 Å². The SMILES string of the molecule is COc1ccc(/C=C(\C#N)C(=O)C(F)(F)C(F)(F)F)cc1. The minimum Gasteiger partial charge on any atom is -0.497 e. The van der Waals surface area contributed by atoms with E-state index in [1.165, 1.54) is 31.4 Å². The molecule has 0 atom stereocenters. The first-order valence-electron chi connectivity index (χ1n) is 5.38. The summed E-state index contributed by atoms with van der Waals surface area (Å²) in [5.41, 5.74) is -1.18. The molecule has 0 amide bonds. The Kier molecular flexibility index (Phi) is 4.68. The van der Waals surface area contributed by atoms with Crippen LogP contribution < -0.4 is 4.74 Å². The molecule has 1 rings (SSSR count). The predicted molar refractivity (Wildman–Crippen MR) is 62.6 cm³/mol. The number of ether oxygens (including phenoxy) is 1. The van der Waals surface area contributed by atoms with Gasteiger partial charge in [-0.3, -0.25) is 4.79 Å². The van der Waals surface area contributed by atoms with Gasteiger partial charge in [-0.05, 0) is 23.8 Å². The third-order valence-corrected chi connectivity index (χ3v) is 2.43. The van der Waals surface area contributed by atoms with Gasteiger partial charge in [-0.25, -0.2) is 0 Å². The molecule has 1 aromatic rings. The maximum Gasteiger partial charge on any atom is 0.461 e. The molecule has 0 unspecified atom stereocenters. The van der Waals surface area contributed by atoms with Crippen LogP contribution in [0.15, 0.2) is 29.8 Å². The van der Waals surface area contributed by atoms with Crippen LogP contribution >= 0.6 is 0 Å². The minimum absolute atomic E-state index is 0.110. The van der Waals surface area contributed by atoms with Crippen molar-refractivity contribution in [2.45, 2.75) is 12.1 Å². The molecule has 21 heavy (non-hydrogen) atoms. The lowest BCUT2D eigenvalue weighted by molar-refractivity contribution is -0.266. The van der Waals surface area contributed by atoms with E-state index in [1.54, 1.807) is 0 Å². The number of allylic oxidation sites excluding steroid dienone is 1. The highest BCUT2D eigenvalue weighted by molar-refractivity contribution is 6.07. The predicted octanol–water partition coefficient (Wildman–Crippen LogP) is 3.37. The summed E-state index contributed by atoms with van der Waals surface area (Å²) in [5, 5.41) is 8.62. The zero-order valence-corrected chi connectivity index (χ0v) is 10.5. The number of nitriles is 1. The summed E-state index contributed by atoms with van der Waals surface area (Å²) in [5.74, 6) is -7.79. The zero-order chi connectivity index (χ0) is 16.3. The van der Waals surface area contributed by atoms with Crippen LogP contribution in [0.3, 0.4) is 0 Å². The lowest BCUT2D eigenvalue weighted by atomic mass is 10.0. The molecule has 0 fully saturated rings. The third kappa shape index (κ3) is 3.56. The van der Waals surface area contributed by atoms with E-state index in [-0.39, 0.29) is 5.56 Å². The van der Waals surface area contributed by atoms with Crippen molar-refractivity contribution in [1.29, 1.82) is 5.26 Å². The van der Waals surface area contributed by atoms with Crippen LogP contribution in [0.2, 0.25) is 0 Å². The van der Waals surface area contributed by atoms with Crippen molar-refractivity contribution in [3.05, 3.63) is 35.4 Å². The number of nitrogens with zero attached hydrogens (tertiary/aromatic N) is 1. The van der Waals surface area contributed by atoms with Crippen LogP contribution in [0, 0.1) is 11.3 Å². The average molecular weight is 305 g/mol. The van der Waals surface area contributed by atoms with E-state index in [4.69, 9.17) is 10.00 Å². The number of hydrogen-bond acceptors (Lipinski definition) is 3. The molecule has 8 heteroatoms. The number of carbonyl (C=O) groups excluding carboxylic acids is 1. The van der Waals surface area contributed by atoms with E-state index in [2.05, 4.69) is 0 Å². The Morgan fingerprint density at radius 1 is 1.19 bits per heavy atom.